The van der Waals surface area contributed by atoms with Gasteiger partial charge >= 0.3 is 12.0 Å². The predicted octanol–water partition coefficient (Wildman–Crippen LogP) is 6.02. The minimum absolute atomic E-state index is 0.174. The fraction of sp³-hybridized carbons (Fsp3) is 0.250. The molecule has 212 valence electrons. The second-order valence-corrected chi connectivity index (χ2v) is 11.1. The van der Waals surface area contributed by atoms with Crippen LogP contribution < -0.4 is 9.80 Å². The molecule has 1 saturated heterocycles. The van der Waals surface area contributed by atoms with Gasteiger partial charge in [-0.15, -0.1) is 11.3 Å². The average Bonchev–Trinajstić information content (AvgIpc) is 3.42. The smallest absolute Gasteiger partial charge is 0.329 e. The molecule has 4 aromatic rings. The van der Waals surface area contributed by atoms with Gasteiger partial charge < -0.3 is 19.6 Å². The molecule has 3 aromatic carbocycles. The van der Waals surface area contributed by atoms with E-state index in [4.69, 9.17) is 4.74 Å². The number of anilines is 3. The first-order chi connectivity index (χ1) is 20.0. The van der Waals surface area contributed by atoms with Gasteiger partial charge in [0.15, 0.2) is 0 Å². The Hall–Kier alpha value is -4.18. The van der Waals surface area contributed by atoms with Crippen molar-refractivity contribution >= 4 is 40.4 Å². The molecular formula is C32H34N4O4S. The van der Waals surface area contributed by atoms with Crippen LogP contribution in [0.5, 0.6) is 0 Å². The molecule has 0 radical (unpaired) electrons. The number of carboxylic acids is 1. The third kappa shape index (κ3) is 7.13. The van der Waals surface area contributed by atoms with Gasteiger partial charge in [0.2, 0.25) is 0 Å². The van der Waals surface area contributed by atoms with Gasteiger partial charge in [-0.05, 0) is 60.3 Å². The Morgan fingerprint density at radius 1 is 0.902 bits per heavy atom. The largest absolute Gasteiger partial charge is 0.480 e. The van der Waals surface area contributed by atoms with E-state index in [2.05, 4.69) is 35.4 Å². The van der Waals surface area contributed by atoms with Crippen LogP contribution in [0.15, 0.2) is 102 Å². The Morgan fingerprint density at radius 3 is 2.02 bits per heavy atom. The third-order valence-corrected chi connectivity index (χ3v) is 7.93. The second kappa shape index (κ2) is 13.5. The molecule has 0 bridgehead atoms. The highest BCUT2D eigenvalue weighted by atomic mass is 32.1. The van der Waals surface area contributed by atoms with E-state index in [-0.39, 0.29) is 25.9 Å². The van der Waals surface area contributed by atoms with Crippen LogP contribution in [-0.4, -0.2) is 66.0 Å². The number of hydrogen-bond donors (Lipinski definition) is 1. The number of carbonyl (C=O) groups is 2. The monoisotopic (exact) mass is 570 g/mol. The number of para-hydroxylation sites is 3. The van der Waals surface area contributed by atoms with Crippen LogP contribution in [0.2, 0.25) is 0 Å². The normalized spacial score (nSPS) is 15.4. The van der Waals surface area contributed by atoms with E-state index in [9.17, 15) is 14.7 Å². The number of hydrogen-bond acceptors (Lipinski definition) is 6. The lowest BCUT2D eigenvalue weighted by Gasteiger charge is -2.41. The SMILES string of the molecule is Cc1cc(CN(COCN2CCN(C(=O)N(c3ccccc3)c3ccccc3)[C@H](C(=O)O)C2)c2ccccc2)cs1. The van der Waals surface area contributed by atoms with E-state index in [0.29, 0.717) is 31.2 Å². The van der Waals surface area contributed by atoms with Crippen LogP contribution in [0.1, 0.15) is 10.4 Å². The number of aliphatic carboxylic acids is 1. The molecule has 0 aliphatic carbocycles. The summed E-state index contributed by atoms with van der Waals surface area (Å²) in [6.07, 6.45) is 0. The summed E-state index contributed by atoms with van der Waals surface area (Å²) in [5, 5.41) is 12.3. The van der Waals surface area contributed by atoms with E-state index < -0.39 is 12.0 Å². The Labute approximate surface area is 244 Å². The second-order valence-electron chi connectivity index (χ2n) is 9.97. The minimum atomic E-state index is -1.04. The summed E-state index contributed by atoms with van der Waals surface area (Å²) in [5.41, 5.74) is 3.64. The van der Waals surface area contributed by atoms with Crippen LogP contribution in [0.4, 0.5) is 21.9 Å². The average molecular weight is 571 g/mol. The topological polar surface area (TPSA) is 76.6 Å². The van der Waals surface area contributed by atoms with E-state index >= 15 is 0 Å². The van der Waals surface area contributed by atoms with E-state index in [0.717, 1.165) is 5.69 Å². The number of carbonyl (C=O) groups excluding carboxylic acids is 1. The molecule has 0 saturated carbocycles. The molecule has 0 spiro atoms. The molecule has 1 fully saturated rings. The molecule has 1 aliphatic rings. The number of urea groups is 1. The number of ether oxygens (including phenoxy) is 1. The summed E-state index contributed by atoms with van der Waals surface area (Å²) in [4.78, 5) is 34.7. The summed E-state index contributed by atoms with van der Waals surface area (Å²) < 4.78 is 6.13. The zero-order chi connectivity index (χ0) is 28.6. The predicted molar refractivity (Wildman–Crippen MR) is 163 cm³/mol. The van der Waals surface area contributed by atoms with Crippen molar-refractivity contribution < 1.29 is 19.4 Å². The van der Waals surface area contributed by atoms with E-state index in [1.165, 1.54) is 15.3 Å². The van der Waals surface area contributed by atoms with Crippen LogP contribution in [0, 0.1) is 6.92 Å². The van der Waals surface area contributed by atoms with Crippen LogP contribution in [0.3, 0.4) is 0 Å². The van der Waals surface area contributed by atoms with Gasteiger partial charge in [0.1, 0.15) is 19.5 Å². The van der Waals surface area contributed by atoms with Gasteiger partial charge in [-0.2, -0.15) is 0 Å². The Balaban J connectivity index is 1.25. The first-order valence-electron chi connectivity index (χ1n) is 13.6. The zero-order valence-corrected chi connectivity index (χ0v) is 23.8. The quantitative estimate of drug-likeness (QED) is 0.235. The van der Waals surface area contributed by atoms with E-state index in [1.54, 1.807) is 16.2 Å². The molecule has 9 heteroatoms. The zero-order valence-electron chi connectivity index (χ0n) is 23.0. The number of carboxylic acid groups (broad SMARTS) is 1. The summed E-state index contributed by atoms with van der Waals surface area (Å²) in [6.45, 7) is 4.37. The highest BCUT2D eigenvalue weighted by Crippen LogP contribution is 2.28. The number of amides is 2. The van der Waals surface area contributed by atoms with Gasteiger partial charge in [-0.25, -0.2) is 9.59 Å². The fourth-order valence-electron chi connectivity index (χ4n) is 4.98. The number of aryl methyl sites for hydroxylation is 1. The molecule has 2 amide bonds. The maximum absolute atomic E-state index is 13.9. The van der Waals surface area contributed by atoms with Crippen LogP contribution >= 0.6 is 11.3 Å². The Morgan fingerprint density at radius 2 is 1.49 bits per heavy atom. The maximum atomic E-state index is 13.9. The maximum Gasteiger partial charge on any atom is 0.329 e. The number of thiophene rings is 1. The molecule has 41 heavy (non-hydrogen) atoms. The van der Waals surface area contributed by atoms with Gasteiger partial charge in [0.05, 0.1) is 11.4 Å². The summed E-state index contributed by atoms with van der Waals surface area (Å²) >= 11 is 1.73. The molecule has 0 unspecified atom stereocenters. The number of rotatable bonds is 10. The Kier molecular flexibility index (Phi) is 9.30. The number of piperazine rings is 1. The molecule has 1 aliphatic heterocycles. The van der Waals surface area contributed by atoms with E-state index in [1.807, 2.05) is 83.8 Å². The lowest BCUT2D eigenvalue weighted by molar-refractivity contribution is -0.145. The minimum Gasteiger partial charge on any atom is -0.480 e. The summed E-state index contributed by atoms with van der Waals surface area (Å²) in [6, 6.07) is 29.5. The molecule has 8 nitrogen and oxygen atoms in total. The van der Waals surface area contributed by atoms with Crippen molar-refractivity contribution in [2.45, 2.75) is 19.5 Å². The van der Waals surface area contributed by atoms with Crippen molar-refractivity contribution in [2.75, 3.05) is 42.9 Å². The van der Waals surface area contributed by atoms with Crippen molar-refractivity contribution in [1.82, 2.24) is 9.80 Å². The summed E-state index contributed by atoms with van der Waals surface area (Å²) in [5.74, 6) is -1.04. The van der Waals surface area contributed by atoms with Crippen LogP contribution in [0.25, 0.3) is 0 Å². The fourth-order valence-corrected chi connectivity index (χ4v) is 5.68. The molecule has 2 heterocycles. The first kappa shape index (κ1) is 28.4. The Bertz CT molecular complexity index is 1380. The lowest BCUT2D eigenvalue weighted by Crippen LogP contribution is -2.60. The highest BCUT2D eigenvalue weighted by Gasteiger charge is 2.38. The highest BCUT2D eigenvalue weighted by molar-refractivity contribution is 7.10. The van der Waals surface area contributed by atoms with Crippen molar-refractivity contribution in [3.05, 3.63) is 113 Å². The molecule has 1 N–H and O–H groups in total. The molecule has 5 rings (SSSR count). The van der Waals surface area contributed by atoms with Gasteiger partial charge in [0, 0.05) is 36.7 Å². The molecular weight excluding hydrogens is 536 g/mol. The molecule has 1 atom stereocenters. The van der Waals surface area contributed by atoms with Crippen molar-refractivity contribution in [3.63, 3.8) is 0 Å². The lowest BCUT2D eigenvalue weighted by atomic mass is 10.1. The van der Waals surface area contributed by atoms with Gasteiger partial charge in [-0.1, -0.05) is 54.6 Å². The molecule has 1 aromatic heterocycles. The van der Waals surface area contributed by atoms with Gasteiger partial charge in [0.25, 0.3) is 0 Å². The van der Waals surface area contributed by atoms with Crippen molar-refractivity contribution in [1.29, 1.82) is 0 Å². The van der Waals surface area contributed by atoms with Crippen molar-refractivity contribution in [3.8, 4) is 0 Å². The van der Waals surface area contributed by atoms with Crippen LogP contribution in [-0.2, 0) is 16.1 Å². The van der Waals surface area contributed by atoms with Gasteiger partial charge in [-0.3, -0.25) is 9.80 Å². The number of nitrogens with zero attached hydrogens (tertiary/aromatic N) is 4. The number of benzene rings is 3. The third-order valence-electron chi connectivity index (χ3n) is 7.02. The standard InChI is InChI=1S/C32H34N4O4S/c1-25-19-26(22-41-25)20-34(27-11-5-2-6-12-27)24-40-23-33-17-18-35(30(21-33)31(37)38)32(39)36(28-13-7-3-8-14-28)29-15-9-4-10-16-29/h2-16,19,22,30H,17-18,20-21,23-24H2,1H3,(H,37,38)/t30-/m0/s1. The first-order valence-corrected chi connectivity index (χ1v) is 14.5. The van der Waals surface area contributed by atoms with Crippen molar-refractivity contribution in [2.24, 2.45) is 0 Å². The summed E-state index contributed by atoms with van der Waals surface area (Å²) in [7, 11) is 0.